The van der Waals surface area contributed by atoms with E-state index in [0.29, 0.717) is 5.41 Å². The molecule has 0 saturated heterocycles. The Kier molecular flexibility index (Phi) is 4.01. The van der Waals surface area contributed by atoms with Gasteiger partial charge in [0.25, 0.3) is 0 Å². The topological polar surface area (TPSA) is 21.3 Å². The highest BCUT2D eigenvalue weighted by molar-refractivity contribution is 5.07. The normalized spacial score (nSPS) is 28.2. The maximum Gasteiger partial charge on any atom is 0.0625 e. The van der Waals surface area contributed by atoms with E-state index in [1.54, 1.807) is 0 Å². The van der Waals surface area contributed by atoms with Gasteiger partial charge in [-0.2, -0.15) is 0 Å². The second-order valence-corrected chi connectivity index (χ2v) is 7.83. The number of nitrogens with one attached hydrogen (secondary N) is 1. The van der Waals surface area contributed by atoms with E-state index in [0.717, 1.165) is 24.8 Å². The summed E-state index contributed by atoms with van der Waals surface area (Å²) >= 11 is 0. The number of rotatable bonds is 5. The van der Waals surface area contributed by atoms with Crippen LogP contribution in [0.2, 0.25) is 0 Å². The average molecular weight is 241 g/mol. The molecule has 1 fully saturated rings. The highest BCUT2D eigenvalue weighted by atomic mass is 16.5. The van der Waals surface area contributed by atoms with Gasteiger partial charge in [-0.3, -0.25) is 0 Å². The second kappa shape index (κ2) is 4.55. The average Bonchev–Trinajstić information content (AvgIpc) is 2.63. The van der Waals surface area contributed by atoms with Gasteiger partial charge in [-0.15, -0.1) is 0 Å². The zero-order valence-corrected chi connectivity index (χ0v) is 13.0. The van der Waals surface area contributed by atoms with Crippen molar-refractivity contribution in [1.29, 1.82) is 0 Å². The van der Waals surface area contributed by atoms with Gasteiger partial charge in [0.2, 0.25) is 0 Å². The molecule has 17 heavy (non-hydrogen) atoms. The first-order chi connectivity index (χ1) is 7.49. The van der Waals surface area contributed by atoms with Crippen LogP contribution in [0.4, 0.5) is 0 Å². The van der Waals surface area contributed by atoms with Crippen molar-refractivity contribution in [3.8, 4) is 0 Å². The molecule has 1 aliphatic rings. The van der Waals surface area contributed by atoms with Crippen molar-refractivity contribution >= 4 is 0 Å². The van der Waals surface area contributed by atoms with Crippen LogP contribution in [0.5, 0.6) is 0 Å². The molecule has 0 aromatic heterocycles. The minimum Gasteiger partial charge on any atom is -0.379 e. The molecule has 0 spiro atoms. The molecular weight excluding hydrogens is 210 g/mol. The molecule has 102 valence electrons. The van der Waals surface area contributed by atoms with Gasteiger partial charge in [0.05, 0.1) is 5.60 Å². The fourth-order valence-corrected chi connectivity index (χ4v) is 2.70. The third kappa shape index (κ3) is 3.96. The van der Waals surface area contributed by atoms with E-state index in [4.69, 9.17) is 4.74 Å². The van der Waals surface area contributed by atoms with Crippen LogP contribution in [-0.4, -0.2) is 24.8 Å². The van der Waals surface area contributed by atoms with Gasteiger partial charge in [0, 0.05) is 12.6 Å². The summed E-state index contributed by atoms with van der Waals surface area (Å²) in [5.74, 6) is 1.57. The first-order valence-corrected chi connectivity index (χ1v) is 6.80. The molecule has 2 atom stereocenters. The summed E-state index contributed by atoms with van der Waals surface area (Å²) in [4.78, 5) is 0. The van der Waals surface area contributed by atoms with Crippen LogP contribution in [-0.2, 0) is 4.74 Å². The molecule has 1 aliphatic carbocycles. The Labute approximate surface area is 108 Å². The molecular formula is C15H31NO. The van der Waals surface area contributed by atoms with Gasteiger partial charge in [-0.1, -0.05) is 13.8 Å². The summed E-state index contributed by atoms with van der Waals surface area (Å²) in [5.41, 5.74) is 0.701. The monoisotopic (exact) mass is 241 g/mol. The lowest BCUT2D eigenvalue weighted by Gasteiger charge is -2.24. The first-order valence-electron chi connectivity index (χ1n) is 6.80. The number of ether oxygens (including phenoxy) is 1. The summed E-state index contributed by atoms with van der Waals surface area (Å²) < 4.78 is 5.56. The summed E-state index contributed by atoms with van der Waals surface area (Å²) in [7, 11) is 1.82. The molecule has 0 amide bonds. The van der Waals surface area contributed by atoms with Crippen LogP contribution in [0.25, 0.3) is 0 Å². The van der Waals surface area contributed by atoms with Gasteiger partial charge < -0.3 is 10.1 Å². The van der Waals surface area contributed by atoms with Gasteiger partial charge in [0.1, 0.15) is 0 Å². The van der Waals surface area contributed by atoms with Crippen LogP contribution >= 0.6 is 0 Å². The van der Waals surface area contributed by atoms with Crippen molar-refractivity contribution in [2.24, 2.45) is 17.3 Å². The van der Waals surface area contributed by atoms with Crippen LogP contribution in [0, 0.1) is 17.3 Å². The summed E-state index contributed by atoms with van der Waals surface area (Å²) in [6, 6.07) is 0. The van der Waals surface area contributed by atoms with E-state index in [1.807, 2.05) is 7.11 Å². The predicted molar refractivity (Wildman–Crippen MR) is 74.2 cm³/mol. The Balaban J connectivity index is 2.48. The molecule has 1 saturated carbocycles. The van der Waals surface area contributed by atoms with Crippen molar-refractivity contribution in [2.45, 2.75) is 66.0 Å². The molecule has 0 aliphatic heterocycles. The van der Waals surface area contributed by atoms with Gasteiger partial charge >= 0.3 is 0 Å². The maximum absolute atomic E-state index is 5.56. The first kappa shape index (κ1) is 15.0. The third-order valence-corrected chi connectivity index (χ3v) is 4.40. The Morgan fingerprint density at radius 1 is 1.06 bits per heavy atom. The number of hydrogen-bond donors (Lipinski definition) is 1. The number of methoxy groups -OCH3 is 1. The van der Waals surface area contributed by atoms with Crippen molar-refractivity contribution in [3.05, 3.63) is 0 Å². The van der Waals surface area contributed by atoms with Gasteiger partial charge in [-0.05, 0) is 64.8 Å². The van der Waals surface area contributed by atoms with E-state index in [1.165, 1.54) is 0 Å². The Bertz CT molecular complexity index is 263. The molecule has 1 N–H and O–H groups in total. The van der Waals surface area contributed by atoms with Crippen LogP contribution < -0.4 is 5.32 Å². The van der Waals surface area contributed by atoms with E-state index in [-0.39, 0.29) is 11.1 Å². The molecule has 0 bridgehead atoms. The minimum absolute atomic E-state index is 0.0123. The Hall–Kier alpha value is -0.0800. The van der Waals surface area contributed by atoms with E-state index in [2.05, 4.69) is 53.8 Å². The third-order valence-electron chi connectivity index (χ3n) is 4.40. The molecule has 2 unspecified atom stereocenters. The fourth-order valence-electron chi connectivity index (χ4n) is 2.70. The maximum atomic E-state index is 5.56. The highest BCUT2D eigenvalue weighted by Gasteiger charge is 2.58. The van der Waals surface area contributed by atoms with Crippen LogP contribution in [0.1, 0.15) is 54.9 Å². The van der Waals surface area contributed by atoms with Gasteiger partial charge in [0.15, 0.2) is 0 Å². The lowest BCUT2D eigenvalue weighted by molar-refractivity contribution is 0.00751. The molecule has 0 aromatic rings. The van der Waals surface area contributed by atoms with Crippen molar-refractivity contribution in [3.63, 3.8) is 0 Å². The van der Waals surface area contributed by atoms with E-state index in [9.17, 15) is 0 Å². The predicted octanol–water partition coefficient (Wildman–Crippen LogP) is 3.46. The SMILES string of the molecule is COC(C)(C)CC1C(CNC(C)(C)C)C1(C)C. The lowest BCUT2D eigenvalue weighted by atomic mass is 9.97. The minimum atomic E-state index is 0.0123. The molecule has 2 heteroatoms. The lowest BCUT2D eigenvalue weighted by Crippen LogP contribution is -2.37. The fraction of sp³-hybridized carbons (Fsp3) is 1.00. The van der Waals surface area contributed by atoms with E-state index >= 15 is 0 Å². The summed E-state index contributed by atoms with van der Waals surface area (Å²) in [6.45, 7) is 17.0. The Morgan fingerprint density at radius 2 is 1.59 bits per heavy atom. The highest BCUT2D eigenvalue weighted by Crippen LogP contribution is 2.61. The zero-order chi connectivity index (χ0) is 13.5. The zero-order valence-electron chi connectivity index (χ0n) is 13.0. The molecule has 0 heterocycles. The molecule has 2 nitrogen and oxygen atoms in total. The smallest absolute Gasteiger partial charge is 0.0625 e. The summed E-state index contributed by atoms with van der Waals surface area (Å²) in [6.07, 6.45) is 1.16. The number of hydrogen-bond acceptors (Lipinski definition) is 2. The second-order valence-electron chi connectivity index (χ2n) is 7.83. The van der Waals surface area contributed by atoms with Crippen molar-refractivity contribution in [2.75, 3.05) is 13.7 Å². The standard InChI is InChI=1S/C15H31NO/c1-13(2,3)16-10-12-11(15(12,6)7)9-14(4,5)17-8/h11-12,16H,9-10H2,1-8H3. The van der Waals surface area contributed by atoms with Crippen LogP contribution in [0.15, 0.2) is 0 Å². The quantitative estimate of drug-likeness (QED) is 0.796. The molecule has 0 aromatic carbocycles. The van der Waals surface area contributed by atoms with Crippen LogP contribution in [0.3, 0.4) is 0 Å². The molecule has 0 radical (unpaired) electrons. The largest absolute Gasteiger partial charge is 0.379 e. The van der Waals surface area contributed by atoms with E-state index < -0.39 is 0 Å². The Morgan fingerprint density at radius 3 is 2.00 bits per heavy atom. The van der Waals surface area contributed by atoms with Crippen molar-refractivity contribution < 1.29 is 4.74 Å². The van der Waals surface area contributed by atoms with Crippen molar-refractivity contribution in [1.82, 2.24) is 5.32 Å². The molecule has 1 rings (SSSR count). The van der Waals surface area contributed by atoms with Gasteiger partial charge in [-0.25, -0.2) is 0 Å². The summed E-state index contributed by atoms with van der Waals surface area (Å²) in [5, 5.41) is 3.63.